The maximum atomic E-state index is 13.2. The zero-order valence-corrected chi connectivity index (χ0v) is 11.8. The maximum absolute atomic E-state index is 13.2. The van der Waals surface area contributed by atoms with Gasteiger partial charge in [-0.15, -0.1) is 12.4 Å². The summed E-state index contributed by atoms with van der Waals surface area (Å²) in [4.78, 5) is 2.19. The van der Waals surface area contributed by atoms with Crippen LogP contribution in [0.5, 0.6) is 5.75 Å². The van der Waals surface area contributed by atoms with Crippen LogP contribution in [0.2, 0.25) is 0 Å². The van der Waals surface area contributed by atoms with Crippen LogP contribution in [0, 0.1) is 5.82 Å². The van der Waals surface area contributed by atoms with Crippen molar-refractivity contribution in [3.05, 3.63) is 29.6 Å². The number of nitrogens with one attached hydrogen (secondary N) is 1. The normalized spacial score (nSPS) is 17.6. The van der Waals surface area contributed by atoms with Gasteiger partial charge in [0.05, 0.1) is 19.8 Å². The van der Waals surface area contributed by atoms with Crippen LogP contribution in [0.25, 0.3) is 0 Å². The molecule has 2 rings (SSSR count). The Morgan fingerprint density at radius 2 is 2.11 bits per heavy atom. The van der Waals surface area contributed by atoms with E-state index in [1.54, 1.807) is 6.07 Å². The molecule has 1 aliphatic heterocycles. The Hall–Kier alpha value is -0.880. The van der Waals surface area contributed by atoms with Gasteiger partial charge in [0, 0.05) is 37.8 Å². The lowest BCUT2D eigenvalue weighted by Crippen LogP contribution is -2.46. The van der Waals surface area contributed by atoms with Gasteiger partial charge in [0.1, 0.15) is 11.6 Å². The molecule has 0 unspecified atom stereocenters. The van der Waals surface area contributed by atoms with Crippen molar-refractivity contribution in [2.75, 3.05) is 39.9 Å². The second-order valence-corrected chi connectivity index (χ2v) is 4.37. The Morgan fingerprint density at radius 1 is 1.42 bits per heavy atom. The first-order valence-electron chi connectivity index (χ1n) is 6.15. The number of piperazine rings is 1. The largest absolute Gasteiger partial charge is 0.496 e. The van der Waals surface area contributed by atoms with Crippen LogP contribution in [0.15, 0.2) is 18.2 Å². The highest BCUT2D eigenvalue weighted by molar-refractivity contribution is 5.85. The highest BCUT2D eigenvalue weighted by Crippen LogP contribution is 2.30. The molecular weight excluding hydrogens is 271 g/mol. The van der Waals surface area contributed by atoms with Gasteiger partial charge in [0.25, 0.3) is 0 Å². The van der Waals surface area contributed by atoms with Gasteiger partial charge in [-0.05, 0) is 6.07 Å². The Kier molecular flexibility index (Phi) is 6.51. The third kappa shape index (κ3) is 3.79. The van der Waals surface area contributed by atoms with E-state index >= 15 is 0 Å². The van der Waals surface area contributed by atoms with Crippen LogP contribution in [-0.4, -0.2) is 49.9 Å². The van der Waals surface area contributed by atoms with E-state index in [-0.39, 0.29) is 30.9 Å². The number of benzene rings is 1. The van der Waals surface area contributed by atoms with Gasteiger partial charge >= 0.3 is 0 Å². The van der Waals surface area contributed by atoms with Crippen LogP contribution in [-0.2, 0) is 0 Å². The van der Waals surface area contributed by atoms with Crippen molar-refractivity contribution < 1.29 is 14.2 Å². The fourth-order valence-corrected chi connectivity index (χ4v) is 2.36. The molecule has 1 atom stereocenters. The third-order valence-corrected chi connectivity index (χ3v) is 3.32. The zero-order valence-electron chi connectivity index (χ0n) is 10.9. The number of hydrogen-bond donors (Lipinski definition) is 2. The molecule has 1 aromatic carbocycles. The fourth-order valence-electron chi connectivity index (χ4n) is 2.36. The number of methoxy groups -OCH3 is 1. The minimum absolute atomic E-state index is 0. The third-order valence-electron chi connectivity index (χ3n) is 3.32. The lowest BCUT2D eigenvalue weighted by Gasteiger charge is -2.34. The quantitative estimate of drug-likeness (QED) is 0.874. The fraction of sp³-hybridized carbons (Fsp3) is 0.538. The molecule has 6 heteroatoms. The van der Waals surface area contributed by atoms with Gasteiger partial charge in [0.15, 0.2) is 0 Å². The first kappa shape index (κ1) is 16.2. The molecule has 108 valence electrons. The minimum atomic E-state index is -0.326. The van der Waals surface area contributed by atoms with E-state index < -0.39 is 0 Å². The molecule has 19 heavy (non-hydrogen) atoms. The van der Waals surface area contributed by atoms with E-state index in [0.29, 0.717) is 5.75 Å². The standard InChI is InChI=1S/C13H19FN2O2.ClH/c1-18-13-8-10(14)2-3-11(13)12(9-17)16-6-4-15-5-7-16;/h2-3,8,12,15,17H,4-7,9H2,1H3;1H/t12-;/m0./s1. The Labute approximate surface area is 119 Å². The molecule has 1 saturated heterocycles. The summed E-state index contributed by atoms with van der Waals surface area (Å²) in [6, 6.07) is 4.32. The van der Waals surface area contributed by atoms with Crippen molar-refractivity contribution in [1.82, 2.24) is 10.2 Å². The average molecular weight is 291 g/mol. The van der Waals surface area contributed by atoms with Crippen LogP contribution in [0.4, 0.5) is 4.39 Å². The summed E-state index contributed by atoms with van der Waals surface area (Å²) in [5.41, 5.74) is 0.836. The summed E-state index contributed by atoms with van der Waals surface area (Å²) in [7, 11) is 1.52. The van der Waals surface area contributed by atoms with Crippen LogP contribution < -0.4 is 10.1 Å². The van der Waals surface area contributed by atoms with E-state index in [2.05, 4.69) is 10.2 Å². The number of rotatable bonds is 4. The van der Waals surface area contributed by atoms with Crippen molar-refractivity contribution in [3.8, 4) is 5.75 Å². The molecule has 0 amide bonds. The molecule has 4 nitrogen and oxygen atoms in total. The highest BCUT2D eigenvalue weighted by Gasteiger charge is 2.24. The SMILES string of the molecule is COc1cc(F)ccc1[C@H](CO)N1CCNCC1.Cl. The Morgan fingerprint density at radius 3 is 2.68 bits per heavy atom. The monoisotopic (exact) mass is 290 g/mol. The molecule has 0 bridgehead atoms. The summed E-state index contributed by atoms with van der Waals surface area (Å²) in [6.45, 7) is 3.54. The molecule has 0 saturated carbocycles. The molecular formula is C13H20ClFN2O2. The predicted molar refractivity (Wildman–Crippen MR) is 74.5 cm³/mol. The van der Waals surface area contributed by atoms with E-state index in [9.17, 15) is 9.50 Å². The number of hydrogen-bond acceptors (Lipinski definition) is 4. The van der Waals surface area contributed by atoms with Gasteiger partial charge in [-0.3, -0.25) is 4.90 Å². The molecule has 0 aromatic heterocycles. The number of aliphatic hydroxyl groups is 1. The molecule has 1 heterocycles. The van der Waals surface area contributed by atoms with Gasteiger partial charge in [-0.25, -0.2) is 4.39 Å². The molecule has 1 fully saturated rings. The zero-order chi connectivity index (χ0) is 13.0. The lowest BCUT2D eigenvalue weighted by molar-refractivity contribution is 0.109. The molecule has 2 N–H and O–H groups in total. The second kappa shape index (κ2) is 7.65. The summed E-state index contributed by atoms with van der Waals surface area (Å²) in [5, 5.41) is 12.9. The van der Waals surface area contributed by atoms with E-state index in [1.165, 1.54) is 19.2 Å². The molecule has 1 aromatic rings. The second-order valence-electron chi connectivity index (χ2n) is 4.37. The van der Waals surface area contributed by atoms with Crippen molar-refractivity contribution in [2.24, 2.45) is 0 Å². The van der Waals surface area contributed by atoms with Gasteiger partial charge in [-0.2, -0.15) is 0 Å². The first-order valence-corrected chi connectivity index (χ1v) is 6.15. The molecule has 1 aliphatic rings. The maximum Gasteiger partial charge on any atom is 0.126 e. The average Bonchev–Trinajstić information content (AvgIpc) is 2.42. The Bertz CT molecular complexity index is 400. The van der Waals surface area contributed by atoms with Crippen LogP contribution >= 0.6 is 12.4 Å². The van der Waals surface area contributed by atoms with Gasteiger partial charge in [0.2, 0.25) is 0 Å². The number of aliphatic hydroxyl groups excluding tert-OH is 1. The van der Waals surface area contributed by atoms with Gasteiger partial charge in [-0.1, -0.05) is 6.07 Å². The molecule has 0 spiro atoms. The molecule has 0 aliphatic carbocycles. The smallest absolute Gasteiger partial charge is 0.126 e. The van der Waals surface area contributed by atoms with Gasteiger partial charge < -0.3 is 15.2 Å². The van der Waals surface area contributed by atoms with Crippen LogP contribution in [0.1, 0.15) is 11.6 Å². The summed E-state index contributed by atoms with van der Waals surface area (Å²) in [5.74, 6) is 0.167. The van der Waals surface area contributed by atoms with Crippen molar-refractivity contribution in [2.45, 2.75) is 6.04 Å². The van der Waals surface area contributed by atoms with Crippen molar-refractivity contribution >= 4 is 12.4 Å². The number of ether oxygens (including phenoxy) is 1. The van der Waals surface area contributed by atoms with Crippen molar-refractivity contribution in [3.63, 3.8) is 0 Å². The number of halogens is 2. The van der Waals surface area contributed by atoms with Crippen LogP contribution in [0.3, 0.4) is 0 Å². The summed E-state index contributed by atoms with van der Waals surface area (Å²) >= 11 is 0. The first-order chi connectivity index (χ1) is 8.76. The summed E-state index contributed by atoms with van der Waals surface area (Å²) in [6.07, 6.45) is 0. The van der Waals surface area contributed by atoms with Crippen molar-refractivity contribution in [1.29, 1.82) is 0 Å². The number of nitrogens with zero attached hydrogens (tertiary/aromatic N) is 1. The predicted octanol–water partition coefficient (Wildman–Crippen LogP) is 1.19. The van der Waals surface area contributed by atoms with E-state index in [4.69, 9.17) is 4.74 Å². The summed E-state index contributed by atoms with van der Waals surface area (Å²) < 4.78 is 18.4. The topological polar surface area (TPSA) is 44.7 Å². The van der Waals surface area contributed by atoms with E-state index in [0.717, 1.165) is 31.7 Å². The highest BCUT2D eigenvalue weighted by atomic mass is 35.5. The minimum Gasteiger partial charge on any atom is -0.496 e. The van der Waals surface area contributed by atoms with E-state index in [1.807, 2.05) is 0 Å². The Balaban J connectivity index is 0.00000180. The molecule has 0 radical (unpaired) electrons. The lowest BCUT2D eigenvalue weighted by atomic mass is 10.0.